The van der Waals surface area contributed by atoms with Crippen LogP contribution in [0.1, 0.15) is 34.0 Å². The number of benzene rings is 2. The minimum atomic E-state index is -0.493. The zero-order valence-corrected chi connectivity index (χ0v) is 16.4. The topological polar surface area (TPSA) is 51.1 Å². The summed E-state index contributed by atoms with van der Waals surface area (Å²) >= 11 is 0. The van der Waals surface area contributed by atoms with E-state index in [2.05, 4.69) is 4.99 Å². The van der Waals surface area contributed by atoms with Crippen LogP contribution >= 0.6 is 0 Å². The van der Waals surface area contributed by atoms with Crippen LogP contribution in [0.4, 0.5) is 10.1 Å². The smallest absolute Gasteiger partial charge is 0.338 e. The number of methoxy groups -OCH3 is 1. The van der Waals surface area contributed by atoms with E-state index in [0.29, 0.717) is 16.9 Å². The molecule has 0 saturated heterocycles. The van der Waals surface area contributed by atoms with Gasteiger partial charge in [-0.05, 0) is 56.2 Å². The van der Waals surface area contributed by atoms with Gasteiger partial charge in [0.2, 0.25) is 0 Å². The van der Waals surface area contributed by atoms with Gasteiger partial charge in [-0.3, -0.25) is 0 Å². The van der Waals surface area contributed by atoms with Crippen LogP contribution in [-0.2, 0) is 11.3 Å². The summed E-state index contributed by atoms with van der Waals surface area (Å²) in [5, 5.41) is 0. The molecule has 0 aromatic heterocycles. The quantitative estimate of drug-likeness (QED) is 0.410. The highest BCUT2D eigenvalue weighted by Crippen LogP contribution is 2.24. The second-order valence-corrected chi connectivity index (χ2v) is 6.30. The molecule has 6 heteroatoms. The first-order valence-electron chi connectivity index (χ1n) is 8.71. The van der Waals surface area contributed by atoms with Gasteiger partial charge in [0.1, 0.15) is 18.2 Å². The molecule has 2 aromatic carbocycles. The first-order chi connectivity index (χ1) is 12.8. The maximum Gasteiger partial charge on any atom is 0.338 e. The average Bonchev–Trinajstić information content (AvgIpc) is 2.66. The van der Waals surface area contributed by atoms with Crippen LogP contribution in [0.5, 0.6) is 5.75 Å². The van der Waals surface area contributed by atoms with E-state index < -0.39 is 11.8 Å². The number of aliphatic imine (C=N–C) groups is 1. The Labute approximate surface area is 159 Å². The molecule has 0 aliphatic heterocycles. The van der Waals surface area contributed by atoms with Crippen molar-refractivity contribution in [3.8, 4) is 5.75 Å². The Kier molecular flexibility index (Phi) is 6.93. The molecule has 144 valence electrons. The largest absolute Gasteiger partial charge is 0.497 e. The molecule has 0 radical (unpaired) electrons. The second kappa shape index (κ2) is 9.16. The third kappa shape index (κ3) is 5.29. The molecule has 0 amide bonds. The lowest BCUT2D eigenvalue weighted by atomic mass is 10.0. The predicted octanol–water partition coefficient (Wildman–Crippen LogP) is 4.42. The summed E-state index contributed by atoms with van der Waals surface area (Å²) in [5.41, 5.74) is 3.16. The number of aryl methyl sites for hydroxylation is 2. The minimum absolute atomic E-state index is 0.144. The summed E-state index contributed by atoms with van der Waals surface area (Å²) in [6.07, 6.45) is 1.76. The van der Waals surface area contributed by atoms with Gasteiger partial charge in [-0.2, -0.15) is 0 Å². The van der Waals surface area contributed by atoms with Crippen molar-refractivity contribution in [3.63, 3.8) is 0 Å². The van der Waals surface area contributed by atoms with Gasteiger partial charge in [-0.25, -0.2) is 14.2 Å². The fourth-order valence-electron chi connectivity index (χ4n) is 2.40. The van der Waals surface area contributed by atoms with Crippen LogP contribution in [0.2, 0.25) is 0 Å². The number of ether oxygens (including phenoxy) is 2. The Hall–Kier alpha value is -2.89. The Morgan fingerprint density at radius 1 is 1.22 bits per heavy atom. The summed E-state index contributed by atoms with van der Waals surface area (Å²) in [6, 6.07) is 8.03. The maximum atomic E-state index is 14.0. The van der Waals surface area contributed by atoms with E-state index in [9.17, 15) is 9.18 Å². The van der Waals surface area contributed by atoms with Crippen molar-refractivity contribution in [2.45, 2.75) is 27.4 Å². The number of esters is 1. The van der Waals surface area contributed by atoms with Gasteiger partial charge in [0.05, 0.1) is 24.7 Å². The summed E-state index contributed by atoms with van der Waals surface area (Å²) < 4.78 is 24.2. The van der Waals surface area contributed by atoms with Crippen LogP contribution in [0.15, 0.2) is 35.3 Å². The van der Waals surface area contributed by atoms with E-state index in [0.717, 1.165) is 23.4 Å². The van der Waals surface area contributed by atoms with Crippen LogP contribution < -0.4 is 4.74 Å². The molecule has 0 spiro atoms. The van der Waals surface area contributed by atoms with Gasteiger partial charge >= 0.3 is 5.97 Å². The molecule has 0 bridgehead atoms. The van der Waals surface area contributed by atoms with Gasteiger partial charge in [0, 0.05) is 25.2 Å². The fraction of sp³-hybridized carbons (Fsp3) is 0.333. The first kappa shape index (κ1) is 20.4. The lowest BCUT2D eigenvalue weighted by molar-refractivity contribution is 0.0468. The Balaban J connectivity index is 2.12. The third-order valence-electron chi connectivity index (χ3n) is 4.27. The fourth-order valence-corrected chi connectivity index (χ4v) is 2.40. The minimum Gasteiger partial charge on any atom is -0.497 e. The zero-order valence-electron chi connectivity index (χ0n) is 16.4. The number of nitrogens with zero attached hydrogens (tertiary/aromatic N) is 2. The molecule has 0 aliphatic carbocycles. The number of hydrogen-bond acceptors (Lipinski definition) is 4. The van der Waals surface area contributed by atoms with E-state index in [1.807, 2.05) is 38.8 Å². The number of carbonyl (C=O) groups is 1. The van der Waals surface area contributed by atoms with Gasteiger partial charge in [0.15, 0.2) is 0 Å². The van der Waals surface area contributed by atoms with E-state index in [-0.39, 0.29) is 6.61 Å². The average molecular weight is 372 g/mol. The summed E-state index contributed by atoms with van der Waals surface area (Å²) in [6.45, 7) is 6.46. The zero-order chi connectivity index (χ0) is 20.0. The molecule has 5 nitrogen and oxygen atoms in total. The standard InChI is InChI=1S/C21H25FN2O3/c1-6-24(4)13-23-20-10-14(2)18(9-15(20)3)21(25)27-12-16-7-8-17(26-5)11-19(16)22/h7-11,13H,6,12H2,1-5H3. The van der Waals surface area contributed by atoms with Crippen molar-refractivity contribution in [3.05, 3.63) is 58.4 Å². The Morgan fingerprint density at radius 2 is 1.96 bits per heavy atom. The van der Waals surface area contributed by atoms with Crippen molar-refractivity contribution >= 4 is 18.0 Å². The number of carbonyl (C=O) groups excluding carboxylic acids is 1. The van der Waals surface area contributed by atoms with E-state index >= 15 is 0 Å². The summed E-state index contributed by atoms with van der Waals surface area (Å²) in [4.78, 5) is 18.8. The van der Waals surface area contributed by atoms with Crippen molar-refractivity contribution in [2.24, 2.45) is 4.99 Å². The number of rotatable bonds is 7. The van der Waals surface area contributed by atoms with Gasteiger partial charge in [0.25, 0.3) is 0 Å². The molecular weight excluding hydrogens is 347 g/mol. The normalized spacial score (nSPS) is 10.9. The predicted molar refractivity (Wildman–Crippen MR) is 104 cm³/mol. The molecule has 0 unspecified atom stereocenters. The second-order valence-electron chi connectivity index (χ2n) is 6.30. The van der Waals surface area contributed by atoms with E-state index in [4.69, 9.17) is 9.47 Å². The Morgan fingerprint density at radius 3 is 2.59 bits per heavy atom. The van der Waals surface area contributed by atoms with Crippen molar-refractivity contribution in [1.29, 1.82) is 0 Å². The summed E-state index contributed by atoms with van der Waals surface area (Å²) in [7, 11) is 3.41. The highest BCUT2D eigenvalue weighted by atomic mass is 19.1. The molecule has 27 heavy (non-hydrogen) atoms. The lowest BCUT2D eigenvalue weighted by Gasteiger charge is -2.12. The molecule has 2 aromatic rings. The number of hydrogen-bond donors (Lipinski definition) is 0. The molecular formula is C21H25FN2O3. The van der Waals surface area contributed by atoms with Crippen molar-refractivity contribution in [1.82, 2.24) is 4.90 Å². The maximum absolute atomic E-state index is 14.0. The van der Waals surface area contributed by atoms with Crippen LogP contribution in [0.3, 0.4) is 0 Å². The van der Waals surface area contributed by atoms with Gasteiger partial charge in [-0.15, -0.1) is 0 Å². The first-order valence-corrected chi connectivity index (χ1v) is 8.71. The van der Waals surface area contributed by atoms with E-state index in [1.54, 1.807) is 24.5 Å². The molecule has 0 N–H and O–H groups in total. The molecule has 0 saturated carbocycles. The van der Waals surface area contributed by atoms with E-state index in [1.165, 1.54) is 13.2 Å². The molecule has 0 fully saturated rings. The van der Waals surface area contributed by atoms with Crippen LogP contribution in [-0.4, -0.2) is 37.9 Å². The van der Waals surface area contributed by atoms with Crippen molar-refractivity contribution < 1.29 is 18.7 Å². The Bertz CT molecular complexity index is 850. The van der Waals surface area contributed by atoms with Crippen LogP contribution in [0.25, 0.3) is 0 Å². The molecule has 2 rings (SSSR count). The number of halogens is 1. The molecule has 0 atom stereocenters. The SMILES string of the molecule is CCN(C)C=Nc1cc(C)c(C(=O)OCc2ccc(OC)cc2F)cc1C. The van der Waals surface area contributed by atoms with Gasteiger partial charge in [-0.1, -0.05) is 0 Å². The third-order valence-corrected chi connectivity index (χ3v) is 4.27. The highest BCUT2D eigenvalue weighted by molar-refractivity contribution is 5.92. The summed E-state index contributed by atoms with van der Waals surface area (Å²) in [5.74, 6) is -0.550. The molecule has 0 heterocycles. The van der Waals surface area contributed by atoms with Crippen molar-refractivity contribution in [2.75, 3.05) is 20.7 Å². The molecule has 0 aliphatic rings. The monoisotopic (exact) mass is 372 g/mol. The lowest BCUT2D eigenvalue weighted by Crippen LogP contribution is -2.14. The highest BCUT2D eigenvalue weighted by Gasteiger charge is 2.14. The van der Waals surface area contributed by atoms with Gasteiger partial charge < -0.3 is 14.4 Å². The van der Waals surface area contributed by atoms with Crippen LogP contribution in [0, 0.1) is 19.7 Å².